The van der Waals surface area contributed by atoms with Crippen LogP contribution in [0.4, 0.5) is 0 Å². The Kier molecular flexibility index (Phi) is 2.63. The minimum absolute atomic E-state index is 0.0736. The van der Waals surface area contributed by atoms with Crippen molar-refractivity contribution in [2.45, 2.75) is 31.6 Å². The number of benzene rings is 1. The molecule has 106 valence electrons. The average molecular weight is 281 g/mol. The number of H-pyrrole nitrogens is 2. The Morgan fingerprint density at radius 3 is 2.67 bits per heavy atom. The minimum atomic E-state index is -0.171. The fourth-order valence-corrected chi connectivity index (χ4v) is 2.61. The number of aromatic nitrogens is 5. The van der Waals surface area contributed by atoms with E-state index < -0.39 is 0 Å². The molecular weight excluding hydrogens is 266 g/mol. The molecule has 0 unspecified atom stereocenters. The maximum Gasteiger partial charge on any atom is 0.272 e. The third-order valence-corrected chi connectivity index (χ3v) is 4.01. The number of rotatable bonds is 3. The van der Waals surface area contributed by atoms with Gasteiger partial charge in [-0.25, -0.2) is 10.1 Å². The summed E-state index contributed by atoms with van der Waals surface area (Å²) in [5.74, 6) is 2.15. The molecule has 2 N–H and O–H groups in total. The van der Waals surface area contributed by atoms with Crippen molar-refractivity contribution < 1.29 is 0 Å². The summed E-state index contributed by atoms with van der Waals surface area (Å²) in [5, 5.41) is 15.6. The Morgan fingerprint density at radius 1 is 1.14 bits per heavy atom. The molecule has 3 aromatic rings. The van der Waals surface area contributed by atoms with Gasteiger partial charge < -0.3 is 0 Å². The largest absolute Gasteiger partial charge is 0.272 e. The highest BCUT2D eigenvalue weighted by Crippen LogP contribution is 2.38. The van der Waals surface area contributed by atoms with Gasteiger partial charge in [-0.2, -0.15) is 10.2 Å². The van der Waals surface area contributed by atoms with Crippen molar-refractivity contribution in [3.8, 4) is 0 Å². The second-order valence-corrected chi connectivity index (χ2v) is 5.56. The zero-order valence-corrected chi connectivity index (χ0v) is 11.6. The third-order valence-electron chi connectivity index (χ3n) is 4.01. The van der Waals surface area contributed by atoms with Crippen LogP contribution in [0, 0.1) is 0 Å². The van der Waals surface area contributed by atoms with Crippen molar-refractivity contribution in [3.05, 3.63) is 52.0 Å². The van der Waals surface area contributed by atoms with Crippen LogP contribution in [0.3, 0.4) is 0 Å². The Bertz CT molecular complexity index is 862. The fourth-order valence-electron chi connectivity index (χ4n) is 2.61. The molecule has 0 aliphatic heterocycles. The van der Waals surface area contributed by atoms with E-state index in [4.69, 9.17) is 0 Å². The van der Waals surface area contributed by atoms with Crippen LogP contribution in [0.15, 0.2) is 29.1 Å². The van der Waals surface area contributed by atoms with Crippen LogP contribution in [0.1, 0.15) is 48.9 Å². The van der Waals surface area contributed by atoms with Crippen LogP contribution in [0.5, 0.6) is 0 Å². The molecule has 0 bridgehead atoms. The lowest BCUT2D eigenvalue weighted by atomic mass is 10.0. The van der Waals surface area contributed by atoms with Crippen LogP contribution in [-0.2, 0) is 0 Å². The lowest BCUT2D eigenvalue weighted by Crippen LogP contribution is -2.13. The quantitative estimate of drug-likeness (QED) is 0.769. The van der Waals surface area contributed by atoms with Gasteiger partial charge in [0.25, 0.3) is 5.56 Å². The maximum absolute atomic E-state index is 11.8. The molecular formula is C15H15N5O. The first-order valence-corrected chi connectivity index (χ1v) is 7.13. The monoisotopic (exact) mass is 281 g/mol. The van der Waals surface area contributed by atoms with Gasteiger partial charge >= 0.3 is 0 Å². The second kappa shape index (κ2) is 4.51. The van der Waals surface area contributed by atoms with Crippen molar-refractivity contribution in [2.75, 3.05) is 0 Å². The van der Waals surface area contributed by atoms with E-state index in [9.17, 15) is 4.79 Å². The number of aromatic amines is 2. The molecule has 21 heavy (non-hydrogen) atoms. The van der Waals surface area contributed by atoms with Gasteiger partial charge in [0, 0.05) is 11.3 Å². The van der Waals surface area contributed by atoms with Crippen molar-refractivity contribution in [1.29, 1.82) is 0 Å². The molecule has 6 heteroatoms. The number of nitrogens with zero attached hydrogens (tertiary/aromatic N) is 3. The Labute approximate surface area is 120 Å². The van der Waals surface area contributed by atoms with Crippen LogP contribution in [0.25, 0.3) is 10.8 Å². The summed E-state index contributed by atoms with van der Waals surface area (Å²) >= 11 is 0. The molecule has 2 heterocycles. The molecule has 1 aliphatic carbocycles. The zero-order chi connectivity index (χ0) is 14.4. The molecule has 1 saturated carbocycles. The first-order valence-electron chi connectivity index (χ1n) is 7.13. The van der Waals surface area contributed by atoms with Crippen molar-refractivity contribution in [3.63, 3.8) is 0 Å². The molecule has 0 spiro atoms. The summed E-state index contributed by atoms with van der Waals surface area (Å²) in [7, 11) is 0. The van der Waals surface area contributed by atoms with Crippen LogP contribution >= 0.6 is 0 Å². The number of fused-ring (bicyclic) bond motifs is 1. The number of nitrogens with one attached hydrogen (secondary N) is 2. The van der Waals surface area contributed by atoms with Crippen LogP contribution in [-0.4, -0.2) is 25.4 Å². The van der Waals surface area contributed by atoms with Crippen LogP contribution in [0.2, 0.25) is 0 Å². The highest BCUT2D eigenvalue weighted by atomic mass is 16.1. The van der Waals surface area contributed by atoms with E-state index in [2.05, 4.69) is 25.4 Å². The predicted octanol–water partition coefficient (Wildman–Crippen LogP) is 2.07. The molecule has 4 rings (SSSR count). The van der Waals surface area contributed by atoms with Crippen molar-refractivity contribution in [2.24, 2.45) is 0 Å². The lowest BCUT2D eigenvalue weighted by Gasteiger charge is -2.09. The summed E-state index contributed by atoms with van der Waals surface area (Å²) in [6.45, 7) is 2.01. The molecule has 1 fully saturated rings. The summed E-state index contributed by atoms with van der Waals surface area (Å²) in [6.07, 6.45) is 2.37. The summed E-state index contributed by atoms with van der Waals surface area (Å²) in [6, 6.07) is 7.48. The van der Waals surface area contributed by atoms with Crippen molar-refractivity contribution in [1.82, 2.24) is 25.4 Å². The second-order valence-electron chi connectivity index (χ2n) is 5.56. The zero-order valence-electron chi connectivity index (χ0n) is 11.6. The third kappa shape index (κ3) is 2.03. The Balaban J connectivity index is 1.81. The topological polar surface area (TPSA) is 87.3 Å². The first-order chi connectivity index (χ1) is 10.2. The van der Waals surface area contributed by atoms with E-state index >= 15 is 0 Å². The van der Waals surface area contributed by atoms with Crippen molar-refractivity contribution >= 4 is 10.8 Å². The molecule has 1 atom stereocenters. The SMILES string of the molecule is C[C@H](c1n[nH]c(C2CC2)n1)c1n[nH]c(=O)c2ccccc12. The molecule has 1 aliphatic rings. The number of hydrogen-bond donors (Lipinski definition) is 2. The van der Waals surface area contributed by atoms with E-state index in [0.717, 1.165) is 22.7 Å². The average Bonchev–Trinajstić information content (AvgIpc) is 3.25. The Morgan fingerprint density at radius 2 is 1.90 bits per heavy atom. The normalized spacial score (nSPS) is 16.2. The number of hydrogen-bond acceptors (Lipinski definition) is 4. The van der Waals surface area contributed by atoms with Gasteiger partial charge in [-0.1, -0.05) is 18.2 Å². The standard InChI is InChI=1S/C15H15N5O/c1-8(13-16-14(19-18-13)9-6-7-9)12-10-4-2-3-5-11(10)15(21)20-17-12/h2-5,8-9H,6-7H2,1H3,(H,20,21)(H,16,18,19)/t8-/m0/s1. The summed E-state index contributed by atoms with van der Waals surface area (Å²) in [5.41, 5.74) is 0.627. The maximum atomic E-state index is 11.8. The van der Waals surface area contributed by atoms with Gasteiger partial charge in [-0.3, -0.25) is 9.89 Å². The molecule has 2 aromatic heterocycles. The summed E-state index contributed by atoms with van der Waals surface area (Å²) < 4.78 is 0. The fraction of sp³-hybridized carbons (Fsp3) is 0.333. The molecule has 1 aromatic carbocycles. The van der Waals surface area contributed by atoms with Gasteiger partial charge in [0.2, 0.25) is 0 Å². The van der Waals surface area contributed by atoms with E-state index in [1.165, 1.54) is 12.8 Å². The minimum Gasteiger partial charge on any atom is -0.267 e. The van der Waals surface area contributed by atoms with E-state index in [1.54, 1.807) is 6.07 Å². The first kappa shape index (κ1) is 12.3. The van der Waals surface area contributed by atoms with E-state index in [1.807, 2.05) is 25.1 Å². The van der Waals surface area contributed by atoms with E-state index in [0.29, 0.717) is 11.3 Å². The molecule has 0 saturated heterocycles. The summed E-state index contributed by atoms with van der Waals surface area (Å²) in [4.78, 5) is 16.4. The molecule has 0 radical (unpaired) electrons. The van der Waals surface area contributed by atoms with Gasteiger partial charge in [0.05, 0.1) is 17.0 Å². The predicted molar refractivity (Wildman–Crippen MR) is 78.2 cm³/mol. The smallest absolute Gasteiger partial charge is 0.267 e. The Hall–Kier alpha value is -2.50. The highest BCUT2D eigenvalue weighted by Gasteiger charge is 2.28. The van der Waals surface area contributed by atoms with Gasteiger partial charge in [0.15, 0.2) is 5.82 Å². The highest BCUT2D eigenvalue weighted by molar-refractivity contribution is 5.84. The molecule has 0 amide bonds. The van der Waals surface area contributed by atoms with Gasteiger partial charge in [-0.05, 0) is 25.8 Å². The van der Waals surface area contributed by atoms with Gasteiger partial charge in [0.1, 0.15) is 5.82 Å². The molecule has 6 nitrogen and oxygen atoms in total. The van der Waals surface area contributed by atoms with Crippen LogP contribution < -0.4 is 5.56 Å². The lowest BCUT2D eigenvalue weighted by molar-refractivity contribution is 0.772. The van der Waals surface area contributed by atoms with E-state index in [-0.39, 0.29) is 11.5 Å². The van der Waals surface area contributed by atoms with Gasteiger partial charge in [-0.15, -0.1) is 0 Å².